The number of hydrogen-bond acceptors (Lipinski definition) is 4. The number of hydrogen-bond donors (Lipinski definition) is 1. The van der Waals surface area contributed by atoms with E-state index in [1.54, 1.807) is 0 Å². The SMILES string of the molecule is CSCCC(N)c1nncn1C1CCCCC1. The van der Waals surface area contributed by atoms with Gasteiger partial charge in [0.1, 0.15) is 12.2 Å². The molecule has 5 heteroatoms. The normalized spacial score (nSPS) is 19.4. The van der Waals surface area contributed by atoms with E-state index in [0.717, 1.165) is 18.0 Å². The van der Waals surface area contributed by atoms with E-state index in [9.17, 15) is 0 Å². The third-order valence-electron chi connectivity index (χ3n) is 3.53. The van der Waals surface area contributed by atoms with Crippen molar-refractivity contribution >= 4 is 11.8 Å². The van der Waals surface area contributed by atoms with E-state index in [1.807, 2.05) is 18.1 Å². The minimum Gasteiger partial charge on any atom is -0.321 e. The molecule has 1 unspecified atom stereocenters. The summed E-state index contributed by atoms with van der Waals surface area (Å²) in [5.41, 5.74) is 6.20. The van der Waals surface area contributed by atoms with Crippen molar-refractivity contribution in [3.8, 4) is 0 Å². The Morgan fingerprint density at radius 2 is 2.24 bits per heavy atom. The zero-order chi connectivity index (χ0) is 12.1. The van der Waals surface area contributed by atoms with Crippen molar-refractivity contribution in [2.45, 2.75) is 50.6 Å². The lowest BCUT2D eigenvalue weighted by Crippen LogP contribution is -2.21. The summed E-state index contributed by atoms with van der Waals surface area (Å²) < 4.78 is 2.23. The van der Waals surface area contributed by atoms with Gasteiger partial charge >= 0.3 is 0 Å². The van der Waals surface area contributed by atoms with Gasteiger partial charge in [-0.2, -0.15) is 11.8 Å². The molecule has 0 aliphatic heterocycles. The molecule has 0 spiro atoms. The Balaban J connectivity index is 2.04. The van der Waals surface area contributed by atoms with Crippen LogP contribution in [0.25, 0.3) is 0 Å². The largest absolute Gasteiger partial charge is 0.321 e. The van der Waals surface area contributed by atoms with Crippen molar-refractivity contribution in [2.75, 3.05) is 12.0 Å². The Kier molecular flexibility index (Phi) is 4.86. The molecule has 96 valence electrons. The van der Waals surface area contributed by atoms with Crippen molar-refractivity contribution in [1.29, 1.82) is 0 Å². The van der Waals surface area contributed by atoms with Gasteiger partial charge in [-0.25, -0.2) is 0 Å². The second kappa shape index (κ2) is 6.40. The van der Waals surface area contributed by atoms with Crippen molar-refractivity contribution in [1.82, 2.24) is 14.8 Å². The summed E-state index contributed by atoms with van der Waals surface area (Å²) in [5.74, 6) is 2.06. The molecule has 0 saturated heterocycles. The first-order valence-corrected chi connectivity index (χ1v) is 7.86. The van der Waals surface area contributed by atoms with Crippen LogP contribution in [0, 0.1) is 0 Å². The fourth-order valence-electron chi connectivity index (χ4n) is 2.53. The molecule has 1 saturated carbocycles. The minimum atomic E-state index is 0.0341. The van der Waals surface area contributed by atoms with E-state index < -0.39 is 0 Å². The molecule has 1 aliphatic carbocycles. The van der Waals surface area contributed by atoms with Crippen LogP contribution in [0.4, 0.5) is 0 Å². The molecule has 1 aromatic rings. The van der Waals surface area contributed by atoms with Crippen LogP contribution in [0.1, 0.15) is 56.4 Å². The summed E-state index contributed by atoms with van der Waals surface area (Å²) in [7, 11) is 0. The maximum absolute atomic E-state index is 6.20. The van der Waals surface area contributed by atoms with Crippen LogP contribution in [0.15, 0.2) is 6.33 Å². The molecule has 1 heterocycles. The molecular formula is C12H22N4S. The van der Waals surface area contributed by atoms with Gasteiger partial charge in [0.05, 0.1) is 6.04 Å². The molecule has 0 bridgehead atoms. The lowest BCUT2D eigenvalue weighted by Gasteiger charge is -2.25. The number of aromatic nitrogens is 3. The zero-order valence-corrected chi connectivity index (χ0v) is 11.3. The summed E-state index contributed by atoms with van der Waals surface area (Å²) in [6.07, 6.45) is 11.5. The number of nitrogens with two attached hydrogens (primary N) is 1. The van der Waals surface area contributed by atoms with E-state index in [-0.39, 0.29) is 6.04 Å². The maximum Gasteiger partial charge on any atom is 0.150 e. The van der Waals surface area contributed by atoms with Crippen LogP contribution in [0.3, 0.4) is 0 Å². The van der Waals surface area contributed by atoms with E-state index in [1.165, 1.54) is 32.1 Å². The molecule has 1 atom stereocenters. The van der Waals surface area contributed by atoms with E-state index >= 15 is 0 Å². The predicted molar refractivity (Wildman–Crippen MR) is 72.1 cm³/mol. The third kappa shape index (κ3) is 3.22. The molecule has 17 heavy (non-hydrogen) atoms. The lowest BCUT2D eigenvalue weighted by atomic mass is 9.95. The van der Waals surface area contributed by atoms with E-state index in [2.05, 4.69) is 21.0 Å². The topological polar surface area (TPSA) is 56.7 Å². The van der Waals surface area contributed by atoms with Gasteiger partial charge in [0.15, 0.2) is 0 Å². The smallest absolute Gasteiger partial charge is 0.150 e. The standard InChI is InChI=1S/C12H22N4S/c1-17-8-7-11(13)12-15-14-9-16(12)10-5-3-2-4-6-10/h9-11H,2-8,13H2,1H3. The first kappa shape index (κ1) is 12.9. The van der Waals surface area contributed by atoms with Crippen LogP contribution < -0.4 is 5.73 Å². The Morgan fingerprint density at radius 3 is 2.94 bits per heavy atom. The molecule has 0 aromatic carbocycles. The fraction of sp³-hybridized carbons (Fsp3) is 0.833. The highest BCUT2D eigenvalue weighted by Crippen LogP contribution is 2.30. The van der Waals surface area contributed by atoms with E-state index in [4.69, 9.17) is 5.73 Å². The summed E-state index contributed by atoms with van der Waals surface area (Å²) in [6, 6.07) is 0.612. The van der Waals surface area contributed by atoms with Crippen LogP contribution in [-0.2, 0) is 0 Å². The van der Waals surface area contributed by atoms with Gasteiger partial charge in [0, 0.05) is 6.04 Å². The van der Waals surface area contributed by atoms with Crippen LogP contribution >= 0.6 is 11.8 Å². The van der Waals surface area contributed by atoms with Crippen molar-refractivity contribution in [3.63, 3.8) is 0 Å². The highest BCUT2D eigenvalue weighted by molar-refractivity contribution is 7.98. The number of nitrogens with zero attached hydrogens (tertiary/aromatic N) is 3. The third-order valence-corrected chi connectivity index (χ3v) is 4.18. The van der Waals surface area contributed by atoms with Gasteiger partial charge < -0.3 is 10.3 Å². The molecular weight excluding hydrogens is 232 g/mol. The molecule has 1 aromatic heterocycles. The quantitative estimate of drug-likeness (QED) is 0.877. The summed E-state index contributed by atoms with van der Waals surface area (Å²) in [6.45, 7) is 0. The Morgan fingerprint density at radius 1 is 1.47 bits per heavy atom. The Labute approximate surface area is 107 Å². The highest BCUT2D eigenvalue weighted by atomic mass is 32.2. The summed E-state index contributed by atoms with van der Waals surface area (Å²) in [4.78, 5) is 0. The van der Waals surface area contributed by atoms with E-state index in [0.29, 0.717) is 6.04 Å². The summed E-state index contributed by atoms with van der Waals surface area (Å²) >= 11 is 1.83. The van der Waals surface area contributed by atoms with Gasteiger partial charge in [-0.1, -0.05) is 19.3 Å². The van der Waals surface area contributed by atoms with Gasteiger partial charge in [0.2, 0.25) is 0 Å². The molecule has 2 rings (SSSR count). The maximum atomic E-state index is 6.20. The van der Waals surface area contributed by atoms with Crippen molar-refractivity contribution in [2.24, 2.45) is 5.73 Å². The fourth-order valence-corrected chi connectivity index (χ4v) is 3.02. The van der Waals surface area contributed by atoms with Crippen molar-refractivity contribution in [3.05, 3.63) is 12.2 Å². The van der Waals surface area contributed by atoms with Gasteiger partial charge in [-0.3, -0.25) is 0 Å². The number of rotatable bonds is 5. The molecule has 0 amide bonds. The zero-order valence-electron chi connectivity index (χ0n) is 10.5. The Bertz CT molecular complexity index is 333. The van der Waals surface area contributed by atoms with Gasteiger partial charge in [0.25, 0.3) is 0 Å². The second-order valence-corrected chi connectivity index (χ2v) is 5.76. The predicted octanol–water partition coefficient (Wildman–Crippen LogP) is 2.54. The second-order valence-electron chi connectivity index (χ2n) is 4.78. The van der Waals surface area contributed by atoms with Crippen LogP contribution in [0.5, 0.6) is 0 Å². The van der Waals surface area contributed by atoms with Crippen LogP contribution in [0.2, 0.25) is 0 Å². The molecule has 1 aliphatic rings. The first-order valence-electron chi connectivity index (χ1n) is 6.47. The van der Waals surface area contributed by atoms with Gasteiger partial charge in [-0.05, 0) is 31.3 Å². The highest BCUT2D eigenvalue weighted by Gasteiger charge is 2.21. The molecule has 2 N–H and O–H groups in total. The Hall–Kier alpha value is -0.550. The lowest BCUT2D eigenvalue weighted by molar-refractivity contribution is 0.339. The van der Waals surface area contributed by atoms with Gasteiger partial charge in [-0.15, -0.1) is 10.2 Å². The average Bonchev–Trinajstić information content (AvgIpc) is 2.86. The molecule has 1 fully saturated rings. The summed E-state index contributed by atoms with van der Waals surface area (Å²) in [5, 5.41) is 8.28. The molecule has 0 radical (unpaired) electrons. The molecule has 4 nitrogen and oxygen atoms in total. The minimum absolute atomic E-state index is 0.0341. The number of thioether (sulfide) groups is 1. The van der Waals surface area contributed by atoms with Crippen molar-refractivity contribution < 1.29 is 0 Å². The monoisotopic (exact) mass is 254 g/mol. The van der Waals surface area contributed by atoms with Crippen LogP contribution in [-0.4, -0.2) is 26.8 Å². The average molecular weight is 254 g/mol. The first-order chi connectivity index (χ1) is 8.33.